The van der Waals surface area contributed by atoms with E-state index in [1.807, 2.05) is 48.7 Å². The molecule has 0 spiro atoms. The SMILES string of the molecule is Cc1cccc(NC(=O)N2CCN(C(=O)c3cnc(-c4cccs4)s3)CC2)c1. The minimum absolute atomic E-state index is 0.0148. The fraction of sp³-hybridized carbons (Fsp3) is 0.250. The molecule has 3 aromatic rings. The molecule has 0 radical (unpaired) electrons. The largest absolute Gasteiger partial charge is 0.334 e. The van der Waals surface area contributed by atoms with Gasteiger partial charge in [-0.3, -0.25) is 4.79 Å². The Morgan fingerprint density at radius 3 is 2.57 bits per heavy atom. The number of nitrogens with zero attached hydrogens (tertiary/aromatic N) is 3. The normalized spacial score (nSPS) is 14.2. The van der Waals surface area contributed by atoms with Gasteiger partial charge < -0.3 is 15.1 Å². The highest BCUT2D eigenvalue weighted by Crippen LogP contribution is 2.29. The summed E-state index contributed by atoms with van der Waals surface area (Å²) in [6.07, 6.45) is 1.65. The van der Waals surface area contributed by atoms with Crippen molar-refractivity contribution in [3.63, 3.8) is 0 Å². The van der Waals surface area contributed by atoms with Crippen LogP contribution in [0, 0.1) is 6.92 Å². The number of anilines is 1. The van der Waals surface area contributed by atoms with Crippen LogP contribution in [0.15, 0.2) is 48.0 Å². The van der Waals surface area contributed by atoms with Crippen molar-refractivity contribution in [2.75, 3.05) is 31.5 Å². The second kappa shape index (κ2) is 8.12. The summed E-state index contributed by atoms with van der Waals surface area (Å²) in [6, 6.07) is 11.6. The highest BCUT2D eigenvalue weighted by Gasteiger charge is 2.26. The van der Waals surface area contributed by atoms with Crippen molar-refractivity contribution in [1.29, 1.82) is 0 Å². The first kappa shape index (κ1) is 18.6. The predicted molar refractivity (Wildman–Crippen MR) is 113 cm³/mol. The van der Waals surface area contributed by atoms with Crippen LogP contribution >= 0.6 is 22.7 Å². The Kier molecular flexibility index (Phi) is 5.40. The summed E-state index contributed by atoms with van der Waals surface area (Å²) in [6.45, 7) is 4.06. The Labute approximate surface area is 171 Å². The maximum absolute atomic E-state index is 12.8. The Morgan fingerprint density at radius 1 is 1.07 bits per heavy atom. The molecule has 3 amide bonds. The monoisotopic (exact) mass is 412 g/mol. The Hall–Kier alpha value is -2.71. The molecule has 4 rings (SSSR count). The van der Waals surface area contributed by atoms with E-state index in [0.29, 0.717) is 31.1 Å². The van der Waals surface area contributed by atoms with Gasteiger partial charge in [0, 0.05) is 31.9 Å². The van der Waals surface area contributed by atoms with Crippen molar-refractivity contribution in [2.24, 2.45) is 0 Å². The summed E-state index contributed by atoms with van der Waals surface area (Å²) >= 11 is 3.03. The molecule has 1 fully saturated rings. The number of hydrogen-bond donors (Lipinski definition) is 1. The van der Waals surface area contributed by atoms with Crippen LogP contribution in [-0.2, 0) is 0 Å². The van der Waals surface area contributed by atoms with Crippen molar-refractivity contribution in [1.82, 2.24) is 14.8 Å². The molecule has 1 aliphatic rings. The molecule has 1 saturated heterocycles. The number of thiazole rings is 1. The summed E-state index contributed by atoms with van der Waals surface area (Å²) < 4.78 is 0. The number of hydrogen-bond acceptors (Lipinski definition) is 5. The van der Waals surface area contributed by atoms with Gasteiger partial charge in [-0.05, 0) is 36.1 Å². The zero-order valence-electron chi connectivity index (χ0n) is 15.4. The van der Waals surface area contributed by atoms with Crippen LogP contribution in [0.2, 0.25) is 0 Å². The average molecular weight is 413 g/mol. The average Bonchev–Trinajstić information content (AvgIpc) is 3.39. The lowest BCUT2D eigenvalue weighted by molar-refractivity contribution is 0.0676. The Bertz CT molecular complexity index is 976. The first-order chi connectivity index (χ1) is 13.6. The van der Waals surface area contributed by atoms with Crippen LogP contribution in [0.3, 0.4) is 0 Å². The van der Waals surface area contributed by atoms with Crippen molar-refractivity contribution >= 4 is 40.3 Å². The molecule has 0 aliphatic carbocycles. The van der Waals surface area contributed by atoms with Crippen LogP contribution in [0.4, 0.5) is 10.5 Å². The quantitative estimate of drug-likeness (QED) is 0.702. The zero-order chi connectivity index (χ0) is 19.5. The standard InChI is InChI=1S/C20H20N4O2S2/c1-14-4-2-5-15(12-14)22-20(26)24-9-7-23(8-10-24)19(25)17-13-21-18(28-17)16-6-3-11-27-16/h2-6,11-13H,7-10H2,1H3,(H,22,26). The number of rotatable bonds is 3. The number of amides is 3. The van der Waals surface area contributed by atoms with E-state index in [2.05, 4.69) is 10.3 Å². The summed E-state index contributed by atoms with van der Waals surface area (Å²) in [4.78, 5) is 34.9. The molecule has 0 saturated carbocycles. The van der Waals surface area contributed by atoms with E-state index < -0.39 is 0 Å². The minimum Gasteiger partial charge on any atom is -0.334 e. The molecule has 1 aliphatic heterocycles. The number of benzene rings is 1. The van der Waals surface area contributed by atoms with Gasteiger partial charge in [0.05, 0.1) is 11.1 Å². The van der Waals surface area contributed by atoms with E-state index >= 15 is 0 Å². The second-order valence-electron chi connectivity index (χ2n) is 6.59. The van der Waals surface area contributed by atoms with E-state index in [4.69, 9.17) is 0 Å². The van der Waals surface area contributed by atoms with Crippen LogP contribution in [0.1, 0.15) is 15.2 Å². The van der Waals surface area contributed by atoms with Gasteiger partial charge in [0.1, 0.15) is 9.88 Å². The van der Waals surface area contributed by atoms with Crippen molar-refractivity contribution in [2.45, 2.75) is 6.92 Å². The Morgan fingerprint density at radius 2 is 1.86 bits per heavy atom. The van der Waals surface area contributed by atoms with Crippen LogP contribution in [0.5, 0.6) is 0 Å². The molecule has 0 atom stereocenters. The van der Waals surface area contributed by atoms with E-state index in [1.54, 1.807) is 27.3 Å². The highest BCUT2D eigenvalue weighted by molar-refractivity contribution is 7.21. The third kappa shape index (κ3) is 4.07. The maximum Gasteiger partial charge on any atom is 0.321 e. The molecule has 6 nitrogen and oxygen atoms in total. The summed E-state index contributed by atoms with van der Waals surface area (Å²) in [5.74, 6) is -0.0148. The lowest BCUT2D eigenvalue weighted by Crippen LogP contribution is -2.51. The zero-order valence-corrected chi connectivity index (χ0v) is 17.1. The van der Waals surface area contributed by atoms with Crippen LogP contribution in [-0.4, -0.2) is 52.9 Å². The van der Waals surface area contributed by atoms with Gasteiger partial charge in [0.2, 0.25) is 0 Å². The molecule has 28 heavy (non-hydrogen) atoms. The van der Waals surface area contributed by atoms with Gasteiger partial charge in [-0.2, -0.15) is 0 Å². The second-order valence-corrected chi connectivity index (χ2v) is 8.56. The number of carbonyl (C=O) groups is 2. The predicted octanol–water partition coefficient (Wildman–Crippen LogP) is 4.17. The molecule has 0 bridgehead atoms. The number of carbonyl (C=O) groups excluding carboxylic acids is 2. The molecule has 2 aromatic heterocycles. The van der Waals surface area contributed by atoms with Crippen molar-refractivity contribution in [3.05, 3.63) is 58.4 Å². The third-order valence-corrected chi connectivity index (χ3v) is 6.60. The maximum atomic E-state index is 12.8. The van der Waals surface area contributed by atoms with Gasteiger partial charge >= 0.3 is 6.03 Å². The summed E-state index contributed by atoms with van der Waals surface area (Å²) in [5, 5.41) is 5.79. The first-order valence-corrected chi connectivity index (χ1v) is 10.7. The van der Waals surface area contributed by atoms with E-state index in [0.717, 1.165) is 21.1 Å². The number of aryl methyl sites for hydroxylation is 1. The number of thiophene rings is 1. The van der Waals surface area contributed by atoms with Crippen LogP contribution < -0.4 is 5.32 Å². The third-order valence-electron chi connectivity index (χ3n) is 4.57. The molecule has 144 valence electrons. The van der Waals surface area contributed by atoms with Crippen LogP contribution in [0.25, 0.3) is 9.88 Å². The van der Waals surface area contributed by atoms with Gasteiger partial charge in [-0.25, -0.2) is 9.78 Å². The molecule has 0 unspecified atom stereocenters. The topological polar surface area (TPSA) is 65.5 Å². The summed E-state index contributed by atoms with van der Waals surface area (Å²) in [5.41, 5.74) is 1.88. The van der Waals surface area contributed by atoms with Gasteiger partial charge in [0.25, 0.3) is 5.91 Å². The summed E-state index contributed by atoms with van der Waals surface area (Å²) in [7, 11) is 0. The van der Waals surface area contributed by atoms with E-state index in [1.165, 1.54) is 11.3 Å². The number of nitrogens with one attached hydrogen (secondary N) is 1. The lowest BCUT2D eigenvalue weighted by Gasteiger charge is -2.34. The molecule has 3 heterocycles. The fourth-order valence-electron chi connectivity index (χ4n) is 3.08. The molecular weight excluding hydrogens is 392 g/mol. The Balaban J connectivity index is 1.33. The van der Waals surface area contributed by atoms with Gasteiger partial charge in [-0.15, -0.1) is 22.7 Å². The lowest BCUT2D eigenvalue weighted by atomic mass is 10.2. The highest BCUT2D eigenvalue weighted by atomic mass is 32.1. The van der Waals surface area contributed by atoms with Gasteiger partial charge in [-0.1, -0.05) is 18.2 Å². The molecular formula is C20H20N4O2S2. The number of aromatic nitrogens is 1. The number of urea groups is 1. The molecule has 1 aromatic carbocycles. The van der Waals surface area contributed by atoms with Crippen molar-refractivity contribution < 1.29 is 9.59 Å². The molecule has 8 heteroatoms. The van der Waals surface area contributed by atoms with Crippen molar-refractivity contribution in [3.8, 4) is 9.88 Å². The first-order valence-electron chi connectivity index (χ1n) is 9.02. The number of piperazine rings is 1. The fourth-order valence-corrected chi connectivity index (χ4v) is 4.77. The minimum atomic E-state index is -0.129. The van der Waals surface area contributed by atoms with E-state index in [-0.39, 0.29) is 11.9 Å². The smallest absolute Gasteiger partial charge is 0.321 e. The molecule has 1 N–H and O–H groups in total. The van der Waals surface area contributed by atoms with Gasteiger partial charge in [0.15, 0.2) is 0 Å². The van der Waals surface area contributed by atoms with E-state index in [9.17, 15) is 9.59 Å².